The summed E-state index contributed by atoms with van der Waals surface area (Å²) in [5.74, 6) is -1.81. The molecule has 0 radical (unpaired) electrons. The minimum absolute atomic E-state index is 0.0412. The minimum Gasteiger partial charge on any atom is -0.481 e. The van der Waals surface area contributed by atoms with Crippen molar-refractivity contribution >= 4 is 21.7 Å². The summed E-state index contributed by atoms with van der Waals surface area (Å²) in [6.07, 6.45) is -0.358. The second-order valence-corrected chi connectivity index (χ2v) is 6.85. The van der Waals surface area contributed by atoms with Crippen molar-refractivity contribution in [3.8, 4) is 0 Å². The molecule has 0 saturated carbocycles. The van der Waals surface area contributed by atoms with Crippen molar-refractivity contribution in [2.45, 2.75) is 12.5 Å². The van der Waals surface area contributed by atoms with Crippen LogP contribution in [0.5, 0.6) is 0 Å². The molecular weight excluding hydrogens is 288 g/mol. The van der Waals surface area contributed by atoms with E-state index in [1.807, 2.05) is 0 Å². The molecule has 0 bridgehead atoms. The normalized spacial score (nSPS) is 21.6. The monoisotopic (exact) mass is 308 g/mol. The number of rotatable bonds is 7. The SMILES string of the molecule is COCCNCC(=O)N1CCS(=O)(=O)CC1CC(=O)O. The quantitative estimate of drug-likeness (QED) is 0.540. The van der Waals surface area contributed by atoms with Crippen LogP contribution in [0, 0.1) is 0 Å². The fourth-order valence-corrected chi connectivity index (χ4v) is 3.58. The molecule has 1 aliphatic heterocycles. The molecule has 1 atom stereocenters. The van der Waals surface area contributed by atoms with Gasteiger partial charge in [-0.2, -0.15) is 0 Å². The number of aliphatic carboxylic acids is 1. The molecule has 116 valence electrons. The number of carbonyl (C=O) groups excluding carboxylic acids is 1. The third-order valence-electron chi connectivity index (χ3n) is 3.02. The van der Waals surface area contributed by atoms with Crippen LogP contribution in [0.2, 0.25) is 0 Å². The Morgan fingerprint density at radius 3 is 2.75 bits per heavy atom. The lowest BCUT2D eigenvalue weighted by Gasteiger charge is -2.34. The van der Waals surface area contributed by atoms with Crippen molar-refractivity contribution in [2.24, 2.45) is 0 Å². The molecule has 8 nitrogen and oxygen atoms in total. The summed E-state index contributed by atoms with van der Waals surface area (Å²) in [6, 6.07) is -0.789. The number of carboxylic acids is 1. The van der Waals surface area contributed by atoms with Crippen LogP contribution in [0.15, 0.2) is 0 Å². The van der Waals surface area contributed by atoms with Crippen molar-refractivity contribution in [3.63, 3.8) is 0 Å². The zero-order valence-electron chi connectivity index (χ0n) is 11.4. The number of ether oxygens (including phenoxy) is 1. The number of nitrogens with one attached hydrogen (secondary N) is 1. The highest BCUT2D eigenvalue weighted by molar-refractivity contribution is 7.91. The Kier molecular flexibility index (Phi) is 6.37. The van der Waals surface area contributed by atoms with E-state index in [0.717, 1.165) is 0 Å². The number of carboxylic acid groups (broad SMARTS) is 1. The Labute approximate surface area is 118 Å². The first-order valence-electron chi connectivity index (χ1n) is 6.27. The topological polar surface area (TPSA) is 113 Å². The molecule has 20 heavy (non-hydrogen) atoms. The number of amides is 1. The number of sulfone groups is 1. The molecule has 1 rings (SSSR count). The van der Waals surface area contributed by atoms with Gasteiger partial charge in [-0.3, -0.25) is 9.59 Å². The van der Waals surface area contributed by atoms with Crippen LogP contribution in [0.4, 0.5) is 0 Å². The van der Waals surface area contributed by atoms with Gasteiger partial charge in [0.1, 0.15) is 0 Å². The molecule has 1 fully saturated rings. The average molecular weight is 308 g/mol. The van der Waals surface area contributed by atoms with E-state index >= 15 is 0 Å². The lowest BCUT2D eigenvalue weighted by atomic mass is 10.2. The van der Waals surface area contributed by atoms with Crippen molar-refractivity contribution in [3.05, 3.63) is 0 Å². The first-order chi connectivity index (χ1) is 9.35. The molecule has 1 amide bonds. The molecule has 1 saturated heterocycles. The van der Waals surface area contributed by atoms with Gasteiger partial charge in [0.05, 0.1) is 37.1 Å². The van der Waals surface area contributed by atoms with Crippen molar-refractivity contribution in [1.82, 2.24) is 10.2 Å². The summed E-state index contributed by atoms with van der Waals surface area (Å²) in [4.78, 5) is 24.1. The highest BCUT2D eigenvalue weighted by atomic mass is 32.2. The van der Waals surface area contributed by atoms with Gasteiger partial charge in [-0.25, -0.2) is 8.42 Å². The van der Waals surface area contributed by atoms with Crippen LogP contribution in [0.25, 0.3) is 0 Å². The first kappa shape index (κ1) is 16.9. The summed E-state index contributed by atoms with van der Waals surface area (Å²) in [6.45, 7) is 1.04. The van der Waals surface area contributed by atoms with E-state index in [1.165, 1.54) is 4.90 Å². The zero-order chi connectivity index (χ0) is 15.2. The molecule has 1 unspecified atom stereocenters. The summed E-state index contributed by atoms with van der Waals surface area (Å²) < 4.78 is 27.9. The van der Waals surface area contributed by atoms with Gasteiger partial charge in [0, 0.05) is 20.2 Å². The van der Waals surface area contributed by atoms with Gasteiger partial charge in [0.2, 0.25) is 5.91 Å². The fourth-order valence-electron chi connectivity index (χ4n) is 2.06. The van der Waals surface area contributed by atoms with E-state index in [-0.39, 0.29) is 36.9 Å². The van der Waals surface area contributed by atoms with Gasteiger partial charge in [-0.15, -0.1) is 0 Å². The Bertz CT molecular complexity index is 450. The highest BCUT2D eigenvalue weighted by Crippen LogP contribution is 2.15. The largest absolute Gasteiger partial charge is 0.481 e. The van der Waals surface area contributed by atoms with E-state index in [0.29, 0.717) is 13.2 Å². The van der Waals surface area contributed by atoms with Crippen molar-refractivity contribution in [1.29, 1.82) is 0 Å². The Morgan fingerprint density at radius 2 is 2.15 bits per heavy atom. The number of hydrogen-bond donors (Lipinski definition) is 2. The average Bonchev–Trinajstić information content (AvgIpc) is 2.32. The molecular formula is C11H20N2O6S. The molecule has 0 aromatic rings. The standard InChI is InChI=1S/C11H20N2O6S/c1-19-4-2-12-7-10(14)13-3-5-20(17,18)8-9(13)6-11(15)16/h9,12H,2-8H2,1H3,(H,15,16). The van der Waals surface area contributed by atoms with Crippen molar-refractivity contribution in [2.75, 3.05) is 44.9 Å². The lowest BCUT2D eigenvalue weighted by molar-refractivity contribution is -0.140. The number of methoxy groups -OCH3 is 1. The van der Waals surface area contributed by atoms with Gasteiger partial charge < -0.3 is 20.1 Å². The summed E-state index contributed by atoms with van der Waals surface area (Å²) in [7, 11) is -1.73. The summed E-state index contributed by atoms with van der Waals surface area (Å²) >= 11 is 0. The highest BCUT2D eigenvalue weighted by Gasteiger charge is 2.34. The predicted molar refractivity (Wildman–Crippen MR) is 71.2 cm³/mol. The summed E-state index contributed by atoms with van der Waals surface area (Å²) in [5.41, 5.74) is 0. The molecule has 0 aliphatic carbocycles. The maximum absolute atomic E-state index is 12.0. The third kappa shape index (κ3) is 5.43. The molecule has 1 heterocycles. The van der Waals surface area contributed by atoms with E-state index < -0.39 is 21.8 Å². The molecule has 0 aromatic carbocycles. The molecule has 9 heteroatoms. The van der Waals surface area contributed by atoms with E-state index in [4.69, 9.17) is 9.84 Å². The lowest BCUT2D eigenvalue weighted by Crippen LogP contribution is -2.54. The van der Waals surface area contributed by atoms with Crippen LogP contribution < -0.4 is 5.32 Å². The number of nitrogens with zero attached hydrogens (tertiary/aromatic N) is 1. The van der Waals surface area contributed by atoms with Crippen LogP contribution >= 0.6 is 0 Å². The second-order valence-electron chi connectivity index (χ2n) is 4.62. The zero-order valence-corrected chi connectivity index (χ0v) is 12.2. The van der Waals surface area contributed by atoms with Gasteiger partial charge in [0.25, 0.3) is 0 Å². The maximum Gasteiger partial charge on any atom is 0.305 e. The van der Waals surface area contributed by atoms with Gasteiger partial charge >= 0.3 is 5.97 Å². The van der Waals surface area contributed by atoms with Crippen LogP contribution in [0.3, 0.4) is 0 Å². The number of carbonyl (C=O) groups is 2. The van der Waals surface area contributed by atoms with E-state index in [2.05, 4.69) is 5.32 Å². The van der Waals surface area contributed by atoms with Gasteiger partial charge in [-0.1, -0.05) is 0 Å². The second kappa shape index (κ2) is 7.55. The predicted octanol–water partition coefficient (Wildman–Crippen LogP) is -1.68. The van der Waals surface area contributed by atoms with Crippen LogP contribution in [-0.2, 0) is 24.2 Å². The molecule has 2 N–H and O–H groups in total. The number of hydrogen-bond acceptors (Lipinski definition) is 6. The first-order valence-corrected chi connectivity index (χ1v) is 8.09. The van der Waals surface area contributed by atoms with Crippen LogP contribution in [0.1, 0.15) is 6.42 Å². The van der Waals surface area contributed by atoms with Crippen molar-refractivity contribution < 1.29 is 27.9 Å². The minimum atomic E-state index is -3.27. The molecule has 1 aliphatic rings. The molecule has 0 aromatic heterocycles. The Balaban J connectivity index is 2.60. The van der Waals surface area contributed by atoms with Gasteiger partial charge in [-0.05, 0) is 0 Å². The fraction of sp³-hybridized carbons (Fsp3) is 0.818. The smallest absolute Gasteiger partial charge is 0.305 e. The Hall–Kier alpha value is -1.19. The van der Waals surface area contributed by atoms with Gasteiger partial charge in [0.15, 0.2) is 9.84 Å². The van der Waals surface area contributed by atoms with Crippen LogP contribution in [-0.4, -0.2) is 81.2 Å². The van der Waals surface area contributed by atoms with E-state index in [9.17, 15) is 18.0 Å². The maximum atomic E-state index is 12.0. The third-order valence-corrected chi connectivity index (χ3v) is 4.72. The summed E-state index contributed by atoms with van der Waals surface area (Å²) in [5, 5.41) is 11.7. The van der Waals surface area contributed by atoms with E-state index in [1.54, 1.807) is 7.11 Å². The Morgan fingerprint density at radius 1 is 1.45 bits per heavy atom. The molecule has 0 spiro atoms.